The van der Waals surface area contributed by atoms with Crippen LogP contribution in [0.3, 0.4) is 0 Å². The fourth-order valence-corrected chi connectivity index (χ4v) is 3.59. The smallest absolute Gasteiger partial charge is 0.310 e. The number of fused-ring (bicyclic) bond motifs is 1. The Morgan fingerprint density at radius 3 is 2.76 bits per heavy atom. The first-order valence-electron chi connectivity index (χ1n) is 8.47. The number of nitro benzene ring substituents is 1. The molecule has 2 aromatic heterocycles. The second-order valence-corrected chi connectivity index (χ2v) is 6.91. The largest absolute Gasteiger partial charge is 0.477 e. The Bertz CT molecular complexity index is 1220. The van der Waals surface area contributed by atoms with Crippen molar-refractivity contribution in [3.8, 4) is 16.3 Å². The number of nitrogens with one attached hydrogen (secondary N) is 1. The number of carbonyl (C=O) groups is 1. The first-order valence-corrected chi connectivity index (χ1v) is 9.29. The van der Waals surface area contributed by atoms with Crippen LogP contribution in [-0.2, 0) is 4.79 Å². The van der Waals surface area contributed by atoms with Crippen molar-refractivity contribution in [3.63, 3.8) is 0 Å². The lowest BCUT2D eigenvalue weighted by Gasteiger charge is -2.10. The molecule has 0 fully saturated rings. The zero-order valence-electron chi connectivity index (χ0n) is 15.1. The topological polar surface area (TPSA) is 125 Å². The maximum atomic E-state index is 12.4. The lowest BCUT2D eigenvalue weighted by molar-refractivity contribution is -0.385. The molecule has 4 aromatic rings. The minimum atomic E-state index is -0.557. The van der Waals surface area contributed by atoms with Crippen molar-refractivity contribution in [2.45, 2.75) is 6.92 Å². The van der Waals surface area contributed by atoms with E-state index in [1.807, 2.05) is 12.1 Å². The van der Waals surface area contributed by atoms with Crippen LogP contribution in [0.25, 0.3) is 15.5 Å². The predicted molar refractivity (Wildman–Crippen MR) is 106 cm³/mol. The van der Waals surface area contributed by atoms with Gasteiger partial charge in [0.2, 0.25) is 4.96 Å². The van der Waals surface area contributed by atoms with Crippen molar-refractivity contribution < 1.29 is 14.5 Å². The van der Waals surface area contributed by atoms with E-state index in [1.54, 1.807) is 29.6 Å². The highest BCUT2D eigenvalue weighted by Crippen LogP contribution is 2.31. The normalized spacial score (nSPS) is 10.8. The zero-order valence-corrected chi connectivity index (χ0v) is 15.9. The van der Waals surface area contributed by atoms with Crippen molar-refractivity contribution >= 4 is 33.6 Å². The molecule has 29 heavy (non-hydrogen) atoms. The summed E-state index contributed by atoms with van der Waals surface area (Å²) >= 11 is 1.35. The van der Waals surface area contributed by atoms with Crippen LogP contribution in [0.1, 0.15) is 5.82 Å². The summed E-state index contributed by atoms with van der Waals surface area (Å²) in [6.07, 6.45) is 0. The van der Waals surface area contributed by atoms with Gasteiger partial charge in [-0.2, -0.15) is 9.61 Å². The Morgan fingerprint density at radius 1 is 1.21 bits per heavy atom. The molecule has 0 aliphatic rings. The SMILES string of the molecule is Cc1nnc2sc(-c3ccccc3NC(=O)COc3ccccc3[N+](=O)[O-])nn12. The number of benzene rings is 2. The third kappa shape index (κ3) is 3.75. The minimum absolute atomic E-state index is 0.0325. The molecule has 4 rings (SSSR count). The van der Waals surface area contributed by atoms with Crippen molar-refractivity contribution in [1.82, 2.24) is 19.8 Å². The van der Waals surface area contributed by atoms with Crippen LogP contribution in [0.15, 0.2) is 48.5 Å². The molecule has 0 spiro atoms. The van der Waals surface area contributed by atoms with Gasteiger partial charge in [-0.3, -0.25) is 14.9 Å². The summed E-state index contributed by atoms with van der Waals surface area (Å²) in [5, 5.41) is 27.0. The number of ether oxygens (including phenoxy) is 1. The number of carbonyl (C=O) groups excluding carboxylic acids is 1. The number of anilines is 1. The van der Waals surface area contributed by atoms with Gasteiger partial charge >= 0.3 is 5.69 Å². The maximum Gasteiger partial charge on any atom is 0.310 e. The number of hydrogen-bond donors (Lipinski definition) is 1. The monoisotopic (exact) mass is 410 g/mol. The molecule has 1 N–H and O–H groups in total. The summed E-state index contributed by atoms with van der Waals surface area (Å²) in [5.74, 6) is 0.252. The van der Waals surface area contributed by atoms with E-state index in [2.05, 4.69) is 20.6 Å². The molecule has 0 aliphatic carbocycles. The fraction of sp³-hybridized carbons (Fsp3) is 0.111. The highest BCUT2D eigenvalue weighted by Gasteiger charge is 2.17. The van der Waals surface area contributed by atoms with Crippen LogP contribution >= 0.6 is 11.3 Å². The molecule has 0 aliphatic heterocycles. The molecule has 10 nitrogen and oxygen atoms in total. The van der Waals surface area contributed by atoms with Crippen LogP contribution in [0.2, 0.25) is 0 Å². The number of aromatic nitrogens is 4. The minimum Gasteiger partial charge on any atom is -0.477 e. The number of para-hydroxylation sites is 3. The Kier molecular flexibility index (Phi) is 4.87. The average Bonchev–Trinajstić information content (AvgIpc) is 3.29. The molecule has 0 bridgehead atoms. The van der Waals surface area contributed by atoms with Crippen LogP contribution in [0.4, 0.5) is 11.4 Å². The Hall–Kier alpha value is -3.86. The summed E-state index contributed by atoms with van der Waals surface area (Å²) in [5.41, 5.74) is 1.07. The van der Waals surface area contributed by atoms with Gasteiger partial charge in [-0.15, -0.1) is 10.2 Å². The van der Waals surface area contributed by atoms with E-state index in [1.165, 1.54) is 29.5 Å². The van der Waals surface area contributed by atoms with E-state index in [4.69, 9.17) is 4.74 Å². The van der Waals surface area contributed by atoms with Crippen LogP contribution in [-0.4, -0.2) is 37.2 Å². The Labute approximate surface area is 167 Å². The van der Waals surface area contributed by atoms with Crippen molar-refractivity contribution in [1.29, 1.82) is 0 Å². The molecule has 1 amide bonds. The standard InChI is InChI=1S/C18H14N6O4S/c1-11-20-21-18-23(11)22-17(29-18)12-6-2-3-7-13(12)19-16(25)10-28-15-9-5-4-8-14(15)24(26)27/h2-9H,10H2,1H3,(H,19,25). The van der Waals surface area contributed by atoms with Crippen molar-refractivity contribution in [2.75, 3.05) is 11.9 Å². The van der Waals surface area contributed by atoms with Crippen molar-refractivity contribution in [2.24, 2.45) is 0 Å². The number of rotatable bonds is 6. The highest BCUT2D eigenvalue weighted by molar-refractivity contribution is 7.19. The lowest BCUT2D eigenvalue weighted by Crippen LogP contribution is -2.20. The number of hydrogen-bond acceptors (Lipinski definition) is 8. The summed E-state index contributed by atoms with van der Waals surface area (Å²) in [6.45, 7) is 1.43. The number of nitro groups is 1. The van der Waals surface area contributed by atoms with E-state index >= 15 is 0 Å². The second-order valence-electron chi connectivity index (χ2n) is 5.96. The molecule has 0 atom stereocenters. The molecule has 146 valence electrons. The zero-order chi connectivity index (χ0) is 20.4. The fourth-order valence-electron chi connectivity index (χ4n) is 2.66. The second kappa shape index (κ2) is 7.64. The van der Waals surface area contributed by atoms with Gasteiger partial charge in [0.25, 0.3) is 5.91 Å². The number of nitrogens with zero attached hydrogens (tertiary/aromatic N) is 5. The van der Waals surface area contributed by atoms with Gasteiger partial charge in [0.05, 0.1) is 10.6 Å². The maximum absolute atomic E-state index is 12.4. The van der Waals surface area contributed by atoms with Crippen molar-refractivity contribution in [3.05, 3.63) is 64.5 Å². The Balaban J connectivity index is 1.51. The molecule has 0 saturated heterocycles. The van der Waals surface area contributed by atoms with Gasteiger partial charge in [0, 0.05) is 11.6 Å². The van der Waals surface area contributed by atoms with Gasteiger partial charge in [-0.25, -0.2) is 0 Å². The molecule has 0 radical (unpaired) electrons. The predicted octanol–water partition coefficient (Wildman–Crippen LogP) is 3.09. The number of aryl methyl sites for hydroxylation is 1. The van der Waals surface area contributed by atoms with Gasteiger partial charge in [-0.05, 0) is 25.1 Å². The third-order valence-corrected chi connectivity index (χ3v) is 4.93. The van der Waals surface area contributed by atoms with Gasteiger partial charge in [-0.1, -0.05) is 35.6 Å². The molecule has 11 heteroatoms. The van der Waals surface area contributed by atoms with Gasteiger partial charge in [0.1, 0.15) is 5.01 Å². The lowest BCUT2D eigenvalue weighted by atomic mass is 10.2. The van der Waals surface area contributed by atoms with Gasteiger partial charge < -0.3 is 10.1 Å². The summed E-state index contributed by atoms with van der Waals surface area (Å²) in [6, 6.07) is 13.1. The van der Waals surface area contributed by atoms with Gasteiger partial charge in [0.15, 0.2) is 18.2 Å². The highest BCUT2D eigenvalue weighted by atomic mass is 32.1. The molecule has 2 aromatic carbocycles. The first kappa shape index (κ1) is 18.5. The van der Waals surface area contributed by atoms with Crippen LogP contribution < -0.4 is 10.1 Å². The Morgan fingerprint density at radius 2 is 1.97 bits per heavy atom. The van der Waals surface area contributed by atoms with E-state index in [-0.39, 0.29) is 18.0 Å². The van der Waals surface area contributed by atoms with Crippen LogP contribution in [0, 0.1) is 17.0 Å². The van der Waals surface area contributed by atoms with Crippen LogP contribution in [0.5, 0.6) is 5.75 Å². The molecular formula is C18H14N6O4S. The van der Waals surface area contributed by atoms with E-state index in [9.17, 15) is 14.9 Å². The van der Waals surface area contributed by atoms with E-state index < -0.39 is 10.8 Å². The van der Waals surface area contributed by atoms with E-state index in [0.717, 1.165) is 5.56 Å². The molecular weight excluding hydrogens is 396 g/mol. The molecule has 0 unspecified atom stereocenters. The quantitative estimate of drug-likeness (QED) is 0.382. The first-order chi connectivity index (χ1) is 14.0. The number of amides is 1. The molecule has 0 saturated carbocycles. The summed E-state index contributed by atoms with van der Waals surface area (Å²) in [4.78, 5) is 23.5. The van der Waals surface area contributed by atoms with E-state index in [0.29, 0.717) is 21.5 Å². The third-order valence-electron chi connectivity index (χ3n) is 4.00. The molecule has 2 heterocycles. The average molecular weight is 410 g/mol. The summed E-state index contributed by atoms with van der Waals surface area (Å²) < 4.78 is 6.98. The summed E-state index contributed by atoms with van der Waals surface area (Å²) in [7, 11) is 0.